The van der Waals surface area contributed by atoms with E-state index in [4.69, 9.17) is 9.15 Å². The number of furan rings is 1. The average molecular weight is 520 g/mol. The van der Waals surface area contributed by atoms with E-state index in [1.165, 1.54) is 24.3 Å². The molecule has 1 amide bonds. The van der Waals surface area contributed by atoms with Gasteiger partial charge in [-0.15, -0.1) is 38.0 Å². The number of carbonyl (C=O) groups is 1. The lowest BCUT2D eigenvalue weighted by Crippen LogP contribution is -2.55. The summed E-state index contributed by atoms with van der Waals surface area (Å²) in [6, 6.07) is 11.8. The summed E-state index contributed by atoms with van der Waals surface area (Å²) in [6.45, 7) is 1.99. The van der Waals surface area contributed by atoms with Gasteiger partial charge < -0.3 is 24.1 Å². The molecule has 184 valence electrons. The Labute approximate surface area is 206 Å². The van der Waals surface area contributed by atoms with Crippen LogP contribution in [-0.4, -0.2) is 54.4 Å². The minimum Gasteiger partial charge on any atom is -0.490 e. The highest BCUT2D eigenvalue weighted by Gasteiger charge is 2.31. The normalized spacial score (nSPS) is 15.6. The monoisotopic (exact) mass is 519 g/mol. The first-order chi connectivity index (χ1) is 15.4. The van der Waals surface area contributed by atoms with Gasteiger partial charge in [-0.05, 0) is 48.5 Å². The maximum atomic E-state index is 13.1. The van der Waals surface area contributed by atoms with Gasteiger partial charge in [0.1, 0.15) is 23.9 Å². The summed E-state index contributed by atoms with van der Waals surface area (Å²) in [7, 11) is 0. The molecule has 1 aromatic carbocycles. The molecule has 12 heteroatoms. The number of carbonyl (C=O) groups excluding carboxylic acids is 1. The van der Waals surface area contributed by atoms with Crippen LogP contribution in [0.3, 0.4) is 0 Å². The lowest BCUT2D eigenvalue weighted by molar-refractivity contribution is -0.274. The third-order valence-corrected chi connectivity index (χ3v) is 4.88. The van der Waals surface area contributed by atoms with Gasteiger partial charge >= 0.3 is 6.36 Å². The molecule has 1 aliphatic heterocycles. The zero-order chi connectivity index (χ0) is 22.6. The first kappa shape index (κ1) is 27.3. The summed E-state index contributed by atoms with van der Waals surface area (Å²) in [5.41, 5.74) is 0.523. The van der Waals surface area contributed by atoms with Crippen molar-refractivity contribution in [3.63, 3.8) is 0 Å². The number of ether oxygens (including phenoxy) is 2. The lowest BCUT2D eigenvalue weighted by Gasteiger charge is -2.35. The van der Waals surface area contributed by atoms with Crippen molar-refractivity contribution in [2.75, 3.05) is 26.2 Å². The van der Waals surface area contributed by atoms with Crippen molar-refractivity contribution in [2.24, 2.45) is 0 Å². The predicted octanol–water partition coefficient (Wildman–Crippen LogP) is 4.58. The first-order valence-corrected chi connectivity index (χ1v) is 9.89. The lowest BCUT2D eigenvalue weighted by atomic mass is 10.1. The predicted molar refractivity (Wildman–Crippen MR) is 123 cm³/mol. The molecule has 1 N–H and O–H groups in total. The average Bonchev–Trinajstić information content (AvgIpc) is 3.28. The van der Waals surface area contributed by atoms with E-state index in [0.717, 1.165) is 0 Å². The maximum absolute atomic E-state index is 13.1. The van der Waals surface area contributed by atoms with Gasteiger partial charge in [-0.1, -0.05) is 0 Å². The van der Waals surface area contributed by atoms with Crippen molar-refractivity contribution in [3.8, 4) is 22.8 Å². The number of halogens is 5. The van der Waals surface area contributed by atoms with Gasteiger partial charge in [-0.25, -0.2) is 0 Å². The molecule has 1 atom stereocenters. The van der Waals surface area contributed by atoms with E-state index in [0.29, 0.717) is 43.3 Å². The highest BCUT2D eigenvalue weighted by atomic mass is 35.5. The number of piperazine rings is 1. The quantitative estimate of drug-likeness (QED) is 0.513. The molecule has 0 aliphatic carbocycles. The van der Waals surface area contributed by atoms with Gasteiger partial charge in [-0.3, -0.25) is 9.78 Å². The molecule has 3 aromatic rings. The molecule has 0 spiro atoms. The molecule has 1 fully saturated rings. The number of alkyl halides is 3. The number of nitrogens with zero attached hydrogens (tertiary/aromatic N) is 2. The highest BCUT2D eigenvalue weighted by molar-refractivity contribution is 5.92. The van der Waals surface area contributed by atoms with Crippen LogP contribution in [0.2, 0.25) is 0 Å². The largest absolute Gasteiger partial charge is 0.573 e. The maximum Gasteiger partial charge on any atom is 0.573 e. The van der Waals surface area contributed by atoms with Crippen molar-refractivity contribution in [1.29, 1.82) is 0 Å². The van der Waals surface area contributed by atoms with Crippen LogP contribution in [-0.2, 0) is 0 Å². The van der Waals surface area contributed by atoms with E-state index in [1.807, 2.05) is 0 Å². The number of aromatic nitrogens is 1. The van der Waals surface area contributed by atoms with Crippen LogP contribution in [0.15, 0.2) is 65.3 Å². The minimum absolute atomic E-state index is 0. The molecular formula is C22H22Cl2F3N3O4. The van der Waals surface area contributed by atoms with Gasteiger partial charge in [0.25, 0.3) is 5.91 Å². The molecule has 4 rings (SSSR count). The number of rotatable bonds is 6. The Bertz CT molecular complexity index is 1050. The van der Waals surface area contributed by atoms with Gasteiger partial charge in [0.15, 0.2) is 5.76 Å². The SMILES string of the molecule is Cl.Cl.O=C(c1ccc(-c2ccc(OC(F)(F)F)cc2)o1)N1CCNC[C@@H]1COc1cccnc1. The number of pyridine rings is 1. The van der Waals surface area contributed by atoms with E-state index in [2.05, 4.69) is 15.0 Å². The number of hydrogen-bond acceptors (Lipinski definition) is 6. The standard InChI is InChI=1S/C22H20F3N3O4.2ClH/c23-22(24,25)32-17-5-3-15(4-6-17)19-7-8-20(31-19)21(29)28-11-10-27-12-16(28)14-30-18-2-1-9-26-13-18;;/h1-9,13,16,27H,10-12,14H2;2*1H/t16-;;/m1../s1. The number of benzene rings is 1. The van der Waals surface area contributed by atoms with Gasteiger partial charge in [-0.2, -0.15) is 0 Å². The van der Waals surface area contributed by atoms with Gasteiger partial charge in [0.05, 0.1) is 12.2 Å². The zero-order valence-corrected chi connectivity index (χ0v) is 19.3. The van der Waals surface area contributed by atoms with Crippen LogP contribution in [0.4, 0.5) is 13.2 Å². The second kappa shape index (κ2) is 12.0. The number of hydrogen-bond donors (Lipinski definition) is 1. The van der Waals surface area contributed by atoms with Gasteiger partial charge in [0.2, 0.25) is 0 Å². The molecule has 7 nitrogen and oxygen atoms in total. The fraction of sp³-hybridized carbons (Fsp3) is 0.273. The Morgan fingerprint density at radius 1 is 1.12 bits per heavy atom. The third kappa shape index (κ3) is 7.02. The van der Waals surface area contributed by atoms with Crippen molar-refractivity contribution in [2.45, 2.75) is 12.4 Å². The van der Waals surface area contributed by atoms with E-state index >= 15 is 0 Å². The van der Waals surface area contributed by atoms with Crippen LogP contribution < -0.4 is 14.8 Å². The van der Waals surface area contributed by atoms with E-state index in [9.17, 15) is 18.0 Å². The second-order valence-electron chi connectivity index (χ2n) is 7.09. The Morgan fingerprint density at radius 3 is 2.56 bits per heavy atom. The Kier molecular flexibility index (Phi) is 9.60. The molecule has 34 heavy (non-hydrogen) atoms. The molecule has 1 aliphatic rings. The fourth-order valence-corrected chi connectivity index (χ4v) is 3.37. The van der Waals surface area contributed by atoms with Crippen LogP contribution in [0, 0.1) is 0 Å². The Balaban J connectivity index is 0.00000204. The topological polar surface area (TPSA) is 76.8 Å². The minimum atomic E-state index is -4.76. The van der Waals surface area contributed by atoms with Crippen molar-refractivity contribution < 1.29 is 31.9 Å². The van der Waals surface area contributed by atoms with E-state index < -0.39 is 6.36 Å². The molecule has 1 saturated heterocycles. The Hall–Kier alpha value is -2.95. The van der Waals surface area contributed by atoms with Crippen molar-refractivity contribution in [3.05, 3.63) is 66.7 Å². The Morgan fingerprint density at radius 2 is 1.88 bits per heavy atom. The second-order valence-corrected chi connectivity index (χ2v) is 7.09. The number of nitrogens with one attached hydrogen (secondary N) is 1. The summed E-state index contributed by atoms with van der Waals surface area (Å²) in [4.78, 5) is 18.8. The summed E-state index contributed by atoms with van der Waals surface area (Å²) >= 11 is 0. The summed E-state index contributed by atoms with van der Waals surface area (Å²) < 4.78 is 52.3. The third-order valence-electron chi connectivity index (χ3n) is 4.88. The van der Waals surface area contributed by atoms with Crippen LogP contribution in [0.1, 0.15) is 10.6 Å². The van der Waals surface area contributed by atoms with Crippen LogP contribution >= 0.6 is 24.8 Å². The molecule has 0 radical (unpaired) electrons. The molecule has 0 bridgehead atoms. The zero-order valence-electron chi connectivity index (χ0n) is 17.7. The van der Waals surface area contributed by atoms with Crippen molar-refractivity contribution >= 4 is 30.7 Å². The molecular weight excluding hydrogens is 498 g/mol. The van der Waals surface area contributed by atoms with E-state index in [-0.39, 0.29) is 48.3 Å². The van der Waals surface area contributed by atoms with Gasteiger partial charge in [0, 0.05) is 31.4 Å². The molecule has 0 unspecified atom stereocenters. The number of amides is 1. The smallest absolute Gasteiger partial charge is 0.490 e. The summed E-state index contributed by atoms with van der Waals surface area (Å²) in [6.07, 6.45) is -1.51. The molecule has 0 saturated carbocycles. The van der Waals surface area contributed by atoms with Crippen LogP contribution in [0.5, 0.6) is 11.5 Å². The van der Waals surface area contributed by atoms with Crippen molar-refractivity contribution in [1.82, 2.24) is 15.2 Å². The first-order valence-electron chi connectivity index (χ1n) is 9.89. The summed E-state index contributed by atoms with van der Waals surface area (Å²) in [5.74, 6) is 0.508. The molecule has 2 aromatic heterocycles. The summed E-state index contributed by atoms with van der Waals surface area (Å²) in [5, 5.41) is 3.25. The van der Waals surface area contributed by atoms with Crippen LogP contribution in [0.25, 0.3) is 11.3 Å². The van der Waals surface area contributed by atoms with E-state index in [1.54, 1.807) is 41.6 Å². The fourth-order valence-electron chi connectivity index (χ4n) is 3.37. The highest BCUT2D eigenvalue weighted by Crippen LogP contribution is 2.28. The molecule has 3 heterocycles.